The quantitative estimate of drug-likeness (QED) is 0.648. The molecule has 0 saturated carbocycles. The number of nitrogens with zero attached hydrogens (tertiary/aromatic N) is 2. The maximum atomic E-state index is 13.2. The second-order valence-corrected chi connectivity index (χ2v) is 5.24. The van der Waals surface area contributed by atoms with Crippen LogP contribution in [0.4, 0.5) is 4.39 Å². The number of halogens is 1. The molecule has 0 aliphatic carbocycles. The number of rotatable bonds is 2. The first kappa shape index (κ1) is 12.5. The van der Waals surface area contributed by atoms with E-state index in [9.17, 15) is 9.65 Å². The lowest BCUT2D eigenvalue weighted by Gasteiger charge is -1.95. The van der Waals surface area contributed by atoms with Crippen LogP contribution in [0.5, 0.6) is 0 Å². The fourth-order valence-electron chi connectivity index (χ4n) is 1.89. The zero-order valence-corrected chi connectivity index (χ0v) is 11.2. The third-order valence-corrected chi connectivity index (χ3v) is 3.87. The van der Waals surface area contributed by atoms with Crippen molar-refractivity contribution < 1.29 is 4.39 Å². The first-order valence-corrected chi connectivity index (χ1v) is 6.81. The molecule has 96 valence electrons. The van der Waals surface area contributed by atoms with Crippen molar-refractivity contribution in [2.45, 2.75) is 0 Å². The third-order valence-electron chi connectivity index (χ3n) is 2.80. The molecule has 0 bridgehead atoms. The summed E-state index contributed by atoms with van der Waals surface area (Å²) < 4.78 is 14.2. The molecule has 0 fully saturated rings. The Kier molecular flexibility index (Phi) is 3.28. The van der Waals surface area contributed by atoms with Crippen molar-refractivity contribution in [2.24, 2.45) is 0 Å². The lowest BCUT2D eigenvalue weighted by Crippen LogP contribution is -1.81. The van der Waals surface area contributed by atoms with Crippen molar-refractivity contribution in [1.82, 2.24) is 4.98 Å². The van der Waals surface area contributed by atoms with Crippen LogP contribution in [0, 0.1) is 17.1 Å². The van der Waals surface area contributed by atoms with E-state index in [2.05, 4.69) is 11.1 Å². The Morgan fingerprint density at radius 1 is 1.20 bits per heavy atom. The standard InChI is InChI=1S/C16H9FN2S/c17-13-5-3-4-11(9-13)8-12(10-18)16-19-14-6-1-2-7-15(14)20-16/h1-9H/b12-8-. The lowest BCUT2D eigenvalue weighted by molar-refractivity contribution is 0.627. The van der Waals surface area contributed by atoms with Crippen molar-refractivity contribution in [3.8, 4) is 6.07 Å². The minimum Gasteiger partial charge on any atom is -0.235 e. The second-order valence-electron chi connectivity index (χ2n) is 4.21. The maximum absolute atomic E-state index is 13.2. The van der Waals surface area contributed by atoms with E-state index in [4.69, 9.17) is 0 Å². The molecule has 1 heterocycles. The SMILES string of the molecule is N#C/C(=C/c1cccc(F)c1)c1nc2ccccc2s1. The fourth-order valence-corrected chi connectivity index (χ4v) is 2.82. The van der Waals surface area contributed by atoms with Gasteiger partial charge in [0.1, 0.15) is 16.9 Å². The Labute approximate surface area is 119 Å². The summed E-state index contributed by atoms with van der Waals surface area (Å²) in [6.45, 7) is 0. The molecule has 0 N–H and O–H groups in total. The van der Waals surface area contributed by atoms with Gasteiger partial charge in [-0.1, -0.05) is 24.3 Å². The van der Waals surface area contributed by atoms with Crippen LogP contribution in [0.25, 0.3) is 21.9 Å². The molecular formula is C16H9FN2S. The van der Waals surface area contributed by atoms with E-state index in [0.29, 0.717) is 16.1 Å². The number of hydrogen-bond donors (Lipinski definition) is 0. The van der Waals surface area contributed by atoms with Gasteiger partial charge in [-0.2, -0.15) is 5.26 Å². The van der Waals surface area contributed by atoms with Crippen molar-refractivity contribution in [1.29, 1.82) is 5.26 Å². The van der Waals surface area contributed by atoms with Gasteiger partial charge in [-0.05, 0) is 35.9 Å². The molecule has 3 aromatic rings. The van der Waals surface area contributed by atoms with Crippen LogP contribution < -0.4 is 0 Å². The van der Waals surface area contributed by atoms with Gasteiger partial charge in [0.05, 0.1) is 15.8 Å². The predicted octanol–water partition coefficient (Wildman–Crippen LogP) is 4.50. The number of benzene rings is 2. The molecule has 0 amide bonds. The Balaban J connectivity index is 2.07. The number of aromatic nitrogens is 1. The van der Waals surface area contributed by atoms with Crippen LogP contribution in [0.3, 0.4) is 0 Å². The molecule has 0 atom stereocenters. The van der Waals surface area contributed by atoms with Crippen molar-refractivity contribution >= 4 is 33.2 Å². The number of thiazole rings is 1. The zero-order valence-electron chi connectivity index (χ0n) is 10.4. The van der Waals surface area contributed by atoms with Gasteiger partial charge in [-0.15, -0.1) is 11.3 Å². The number of nitriles is 1. The van der Waals surface area contributed by atoms with Crippen LogP contribution in [0.15, 0.2) is 48.5 Å². The summed E-state index contributed by atoms with van der Waals surface area (Å²) in [5.41, 5.74) is 1.96. The van der Waals surface area contributed by atoms with Gasteiger partial charge in [-0.25, -0.2) is 9.37 Å². The van der Waals surface area contributed by atoms with Crippen LogP contribution in [-0.4, -0.2) is 4.98 Å². The van der Waals surface area contributed by atoms with E-state index in [1.807, 2.05) is 24.3 Å². The lowest BCUT2D eigenvalue weighted by atomic mass is 10.1. The topological polar surface area (TPSA) is 36.7 Å². The minimum absolute atomic E-state index is 0.319. The summed E-state index contributed by atoms with van der Waals surface area (Å²) in [4.78, 5) is 4.44. The van der Waals surface area contributed by atoms with Gasteiger partial charge >= 0.3 is 0 Å². The average Bonchev–Trinajstić information content (AvgIpc) is 2.88. The predicted molar refractivity (Wildman–Crippen MR) is 79.5 cm³/mol. The Morgan fingerprint density at radius 2 is 2.05 bits per heavy atom. The van der Waals surface area contributed by atoms with Gasteiger partial charge in [-0.3, -0.25) is 0 Å². The van der Waals surface area contributed by atoms with Crippen molar-refractivity contribution in [3.63, 3.8) is 0 Å². The smallest absolute Gasteiger partial charge is 0.135 e. The molecule has 0 saturated heterocycles. The van der Waals surface area contributed by atoms with Crippen LogP contribution in [0.2, 0.25) is 0 Å². The summed E-state index contributed by atoms with van der Waals surface area (Å²) in [6.07, 6.45) is 1.65. The van der Waals surface area contributed by atoms with Gasteiger partial charge in [0.25, 0.3) is 0 Å². The normalized spacial score (nSPS) is 11.5. The molecule has 20 heavy (non-hydrogen) atoms. The highest BCUT2D eigenvalue weighted by Crippen LogP contribution is 2.27. The van der Waals surface area contributed by atoms with Crippen LogP contribution in [0.1, 0.15) is 10.6 Å². The van der Waals surface area contributed by atoms with Gasteiger partial charge in [0.15, 0.2) is 0 Å². The zero-order chi connectivity index (χ0) is 13.9. The molecule has 0 aliphatic heterocycles. The molecule has 2 nitrogen and oxygen atoms in total. The Hall–Kier alpha value is -2.51. The number of para-hydroxylation sites is 1. The second kappa shape index (κ2) is 5.24. The summed E-state index contributed by atoms with van der Waals surface area (Å²) >= 11 is 1.46. The third kappa shape index (κ3) is 2.44. The van der Waals surface area contributed by atoms with E-state index >= 15 is 0 Å². The molecule has 0 aliphatic rings. The number of fused-ring (bicyclic) bond motifs is 1. The van der Waals surface area contributed by atoms with Crippen molar-refractivity contribution in [2.75, 3.05) is 0 Å². The van der Waals surface area contributed by atoms with Crippen molar-refractivity contribution in [3.05, 3.63) is 64.9 Å². The molecule has 1 aromatic heterocycles. The van der Waals surface area contributed by atoms with E-state index < -0.39 is 0 Å². The fraction of sp³-hybridized carbons (Fsp3) is 0. The molecular weight excluding hydrogens is 271 g/mol. The van der Waals surface area contributed by atoms with Crippen LogP contribution in [-0.2, 0) is 0 Å². The average molecular weight is 280 g/mol. The highest BCUT2D eigenvalue weighted by molar-refractivity contribution is 7.19. The Bertz CT molecular complexity index is 810. The van der Waals surface area contributed by atoms with Gasteiger partial charge in [0, 0.05) is 0 Å². The first-order chi connectivity index (χ1) is 9.76. The molecule has 0 unspecified atom stereocenters. The monoisotopic (exact) mass is 280 g/mol. The summed E-state index contributed by atoms with van der Waals surface area (Å²) in [7, 11) is 0. The summed E-state index contributed by atoms with van der Waals surface area (Å²) in [5, 5.41) is 9.94. The van der Waals surface area contributed by atoms with Crippen LogP contribution >= 0.6 is 11.3 Å². The largest absolute Gasteiger partial charge is 0.235 e. The maximum Gasteiger partial charge on any atom is 0.135 e. The number of allylic oxidation sites excluding steroid dienone is 1. The van der Waals surface area contributed by atoms with E-state index in [1.165, 1.54) is 23.5 Å². The van der Waals surface area contributed by atoms with Gasteiger partial charge < -0.3 is 0 Å². The molecule has 2 aromatic carbocycles. The Morgan fingerprint density at radius 3 is 2.80 bits per heavy atom. The van der Waals surface area contributed by atoms with E-state index in [0.717, 1.165) is 10.2 Å². The first-order valence-electron chi connectivity index (χ1n) is 5.99. The highest BCUT2D eigenvalue weighted by atomic mass is 32.1. The van der Waals surface area contributed by atoms with E-state index in [1.54, 1.807) is 18.2 Å². The molecule has 3 rings (SSSR count). The molecule has 0 radical (unpaired) electrons. The highest BCUT2D eigenvalue weighted by Gasteiger charge is 2.08. The summed E-state index contributed by atoms with van der Waals surface area (Å²) in [5.74, 6) is -0.319. The van der Waals surface area contributed by atoms with Gasteiger partial charge in [0.2, 0.25) is 0 Å². The number of hydrogen-bond acceptors (Lipinski definition) is 3. The van der Waals surface area contributed by atoms with E-state index in [-0.39, 0.29) is 5.82 Å². The minimum atomic E-state index is -0.319. The molecule has 0 spiro atoms. The summed E-state index contributed by atoms with van der Waals surface area (Å²) in [6, 6.07) is 16.0. The molecule has 4 heteroatoms.